The first-order valence-electron chi connectivity index (χ1n) is 6.52. The predicted octanol–water partition coefficient (Wildman–Crippen LogP) is 2.29. The molecule has 0 amide bonds. The van der Waals surface area contributed by atoms with Crippen LogP contribution in [0.3, 0.4) is 0 Å². The first-order chi connectivity index (χ1) is 8.36. The molecule has 18 heavy (non-hydrogen) atoms. The van der Waals surface area contributed by atoms with Gasteiger partial charge in [0.05, 0.1) is 19.6 Å². The highest BCUT2D eigenvalue weighted by Crippen LogP contribution is 2.45. The molecule has 0 aromatic rings. The van der Waals surface area contributed by atoms with Crippen molar-refractivity contribution in [1.82, 2.24) is 0 Å². The average Bonchev–Trinajstić information content (AvgIpc) is 2.61. The fourth-order valence-corrected chi connectivity index (χ4v) is 3.08. The van der Waals surface area contributed by atoms with Gasteiger partial charge < -0.3 is 14.6 Å². The molecule has 0 unspecified atom stereocenters. The molecule has 0 aromatic carbocycles. The summed E-state index contributed by atoms with van der Waals surface area (Å²) in [6.07, 6.45) is 2.36. The van der Waals surface area contributed by atoms with Gasteiger partial charge in [0, 0.05) is 6.42 Å². The van der Waals surface area contributed by atoms with Gasteiger partial charge in [0.15, 0.2) is 0 Å². The van der Waals surface area contributed by atoms with Gasteiger partial charge >= 0.3 is 0 Å². The van der Waals surface area contributed by atoms with Gasteiger partial charge in [-0.1, -0.05) is 25.6 Å². The lowest BCUT2D eigenvalue weighted by Crippen LogP contribution is -2.36. The van der Waals surface area contributed by atoms with Crippen LogP contribution in [-0.4, -0.2) is 32.5 Å². The van der Waals surface area contributed by atoms with Crippen LogP contribution < -0.4 is 0 Å². The number of aliphatic hydroxyl groups is 1. The maximum absolute atomic E-state index is 10.8. The fraction of sp³-hybridized carbons (Fsp3) is 0.714. The molecular weight excluding hydrogens is 244 g/mol. The topological polar surface area (TPSA) is 38.7 Å². The third kappa shape index (κ3) is 2.57. The largest absolute Gasteiger partial charge is 0.497 e. The molecule has 4 heteroatoms. The first-order valence-corrected chi connectivity index (χ1v) is 10.0. The van der Waals surface area contributed by atoms with Crippen molar-refractivity contribution in [3.8, 4) is 11.5 Å². The summed E-state index contributed by atoms with van der Waals surface area (Å²) in [7, 11) is 0.152. The lowest BCUT2D eigenvalue weighted by molar-refractivity contribution is 0.0162. The van der Waals surface area contributed by atoms with Crippen molar-refractivity contribution in [2.24, 2.45) is 5.92 Å². The Labute approximate surface area is 110 Å². The van der Waals surface area contributed by atoms with Crippen LogP contribution in [0.4, 0.5) is 0 Å². The molecule has 1 saturated heterocycles. The fourth-order valence-electron chi connectivity index (χ4n) is 2.49. The van der Waals surface area contributed by atoms with E-state index >= 15 is 0 Å². The number of fused-ring (bicyclic) bond motifs is 1. The van der Waals surface area contributed by atoms with Crippen molar-refractivity contribution in [3.05, 3.63) is 11.5 Å². The normalized spacial score (nSPS) is 31.3. The number of hydrogen-bond acceptors (Lipinski definition) is 3. The van der Waals surface area contributed by atoms with Gasteiger partial charge in [-0.25, -0.2) is 0 Å². The third-order valence-corrected chi connectivity index (χ3v) is 4.27. The molecule has 0 saturated carbocycles. The number of ether oxygens (including phenoxy) is 2. The van der Waals surface area contributed by atoms with Gasteiger partial charge in [0.2, 0.25) is 0 Å². The second-order valence-corrected chi connectivity index (χ2v) is 10.9. The highest BCUT2D eigenvalue weighted by Gasteiger charge is 2.48. The lowest BCUT2D eigenvalue weighted by Gasteiger charge is -2.30. The SMILES string of the molecule is COC1=C2OCCC[C@H]2[C@@](O)(C#C[Si](C)(C)C)C1. The average molecular weight is 266 g/mol. The minimum Gasteiger partial charge on any atom is -0.497 e. The van der Waals surface area contributed by atoms with E-state index in [1.54, 1.807) is 7.11 Å². The van der Waals surface area contributed by atoms with E-state index < -0.39 is 13.7 Å². The second-order valence-electron chi connectivity index (χ2n) is 6.14. The third-order valence-electron chi connectivity index (χ3n) is 3.39. The molecule has 0 bridgehead atoms. The van der Waals surface area contributed by atoms with Crippen LogP contribution in [-0.2, 0) is 9.47 Å². The van der Waals surface area contributed by atoms with Crippen molar-refractivity contribution in [3.63, 3.8) is 0 Å². The number of methoxy groups -OCH3 is 1. The van der Waals surface area contributed by atoms with E-state index in [1.807, 2.05) is 0 Å². The van der Waals surface area contributed by atoms with Gasteiger partial charge in [0.25, 0.3) is 0 Å². The molecule has 0 radical (unpaired) electrons. The van der Waals surface area contributed by atoms with Gasteiger partial charge in [-0.05, 0) is 12.8 Å². The summed E-state index contributed by atoms with van der Waals surface area (Å²) in [4.78, 5) is 0. The minimum atomic E-state index is -1.48. The number of hydrogen-bond donors (Lipinski definition) is 1. The van der Waals surface area contributed by atoms with E-state index in [2.05, 4.69) is 31.1 Å². The molecule has 1 aliphatic heterocycles. The van der Waals surface area contributed by atoms with Gasteiger partial charge in [0.1, 0.15) is 25.2 Å². The summed E-state index contributed by atoms with van der Waals surface area (Å²) >= 11 is 0. The Kier molecular flexibility index (Phi) is 3.48. The summed E-state index contributed by atoms with van der Waals surface area (Å²) < 4.78 is 11.0. The van der Waals surface area contributed by atoms with Crippen molar-refractivity contribution in [1.29, 1.82) is 0 Å². The molecule has 1 fully saturated rings. The Hall–Kier alpha value is -0.923. The Balaban J connectivity index is 2.28. The van der Waals surface area contributed by atoms with Crippen molar-refractivity contribution >= 4 is 8.07 Å². The molecule has 3 nitrogen and oxygen atoms in total. The molecule has 1 heterocycles. The van der Waals surface area contributed by atoms with Gasteiger partial charge in [-0.2, -0.15) is 0 Å². The lowest BCUT2D eigenvalue weighted by atomic mass is 9.85. The summed E-state index contributed by atoms with van der Waals surface area (Å²) in [5.41, 5.74) is 2.30. The van der Waals surface area contributed by atoms with Crippen molar-refractivity contribution < 1.29 is 14.6 Å². The van der Waals surface area contributed by atoms with Crippen LogP contribution in [0, 0.1) is 17.4 Å². The van der Waals surface area contributed by atoms with Crippen LogP contribution >= 0.6 is 0 Å². The summed E-state index contributed by atoms with van der Waals surface area (Å²) in [6.45, 7) is 7.26. The predicted molar refractivity (Wildman–Crippen MR) is 73.4 cm³/mol. The molecule has 2 aliphatic rings. The minimum absolute atomic E-state index is 0.00921. The van der Waals surface area contributed by atoms with E-state index in [0.717, 1.165) is 31.0 Å². The highest BCUT2D eigenvalue weighted by atomic mass is 28.3. The maximum atomic E-state index is 10.8. The van der Waals surface area contributed by atoms with Crippen LogP contribution in [0.1, 0.15) is 19.3 Å². The quantitative estimate of drug-likeness (QED) is 0.584. The van der Waals surface area contributed by atoms with Crippen molar-refractivity contribution in [2.45, 2.75) is 44.5 Å². The smallest absolute Gasteiger partial charge is 0.141 e. The Morgan fingerprint density at radius 2 is 2.17 bits per heavy atom. The van der Waals surface area contributed by atoms with Gasteiger partial charge in [-0.3, -0.25) is 0 Å². The standard InChI is InChI=1S/C14H22O3Si/c1-16-12-10-14(15,7-9-18(2,3)4)11-6-5-8-17-13(11)12/h11,15H,5-6,8,10H2,1-4H3/t11-,14-/m1/s1. The summed E-state index contributed by atoms with van der Waals surface area (Å²) in [5, 5.41) is 10.8. The van der Waals surface area contributed by atoms with Crippen LogP contribution in [0.25, 0.3) is 0 Å². The van der Waals surface area contributed by atoms with E-state index in [-0.39, 0.29) is 5.92 Å². The molecule has 0 aromatic heterocycles. The molecule has 1 aliphatic carbocycles. The maximum Gasteiger partial charge on any atom is 0.141 e. The molecule has 100 valence electrons. The van der Waals surface area contributed by atoms with E-state index in [4.69, 9.17) is 9.47 Å². The highest BCUT2D eigenvalue weighted by molar-refractivity contribution is 6.83. The number of rotatable bonds is 1. The van der Waals surface area contributed by atoms with Crippen molar-refractivity contribution in [2.75, 3.05) is 13.7 Å². The Bertz CT molecular complexity index is 425. The molecule has 2 rings (SSSR count). The zero-order valence-corrected chi connectivity index (χ0v) is 12.7. The summed E-state index contributed by atoms with van der Waals surface area (Å²) in [6, 6.07) is 0. The monoisotopic (exact) mass is 266 g/mol. The summed E-state index contributed by atoms with van der Waals surface area (Å²) in [5.74, 6) is 4.72. The van der Waals surface area contributed by atoms with Crippen LogP contribution in [0.2, 0.25) is 19.6 Å². The first kappa shape index (κ1) is 13.5. The molecule has 1 N–H and O–H groups in total. The second kappa shape index (κ2) is 4.64. The Morgan fingerprint density at radius 3 is 2.78 bits per heavy atom. The zero-order valence-electron chi connectivity index (χ0n) is 11.7. The van der Waals surface area contributed by atoms with E-state index in [0.29, 0.717) is 6.42 Å². The molecular formula is C14H22O3Si. The molecule has 2 atom stereocenters. The van der Waals surface area contributed by atoms with E-state index in [9.17, 15) is 5.11 Å². The van der Waals surface area contributed by atoms with E-state index in [1.165, 1.54) is 0 Å². The molecule has 0 spiro atoms. The van der Waals surface area contributed by atoms with Crippen LogP contribution in [0.5, 0.6) is 0 Å². The zero-order chi connectivity index (χ0) is 13.4. The van der Waals surface area contributed by atoms with Gasteiger partial charge in [-0.15, -0.1) is 5.54 Å². The Morgan fingerprint density at radius 1 is 1.44 bits per heavy atom. The van der Waals surface area contributed by atoms with Crippen LogP contribution in [0.15, 0.2) is 11.5 Å².